The molecule has 3 rings (SSSR count). The summed E-state index contributed by atoms with van der Waals surface area (Å²) in [7, 11) is -3.71. The number of hydrogen-bond acceptors (Lipinski definition) is 5. The van der Waals surface area contributed by atoms with E-state index >= 15 is 0 Å². The maximum atomic E-state index is 12.7. The standard InChI is InChI=1S/C19H22N4O2S/c1-2-22-11-13-23(14-12-22)19-6-4-3-5-18(19)21-26(24,25)17-9-7-16(15-20)8-10-17/h3-10,21H,2,11-14H2,1H3. The van der Waals surface area contributed by atoms with Gasteiger partial charge in [-0.1, -0.05) is 19.1 Å². The minimum Gasteiger partial charge on any atom is -0.367 e. The molecule has 2 aromatic carbocycles. The van der Waals surface area contributed by atoms with Gasteiger partial charge in [0, 0.05) is 26.2 Å². The first-order chi connectivity index (χ1) is 12.5. The van der Waals surface area contributed by atoms with Crippen LogP contribution in [0.3, 0.4) is 0 Å². The number of para-hydroxylation sites is 2. The lowest BCUT2D eigenvalue weighted by molar-refractivity contribution is 0.271. The van der Waals surface area contributed by atoms with Crippen LogP contribution in [-0.2, 0) is 10.0 Å². The van der Waals surface area contributed by atoms with Gasteiger partial charge in [-0.25, -0.2) is 8.42 Å². The van der Waals surface area contributed by atoms with Gasteiger partial charge in [0.2, 0.25) is 0 Å². The second kappa shape index (κ2) is 7.77. The van der Waals surface area contributed by atoms with Crippen molar-refractivity contribution in [3.05, 3.63) is 54.1 Å². The van der Waals surface area contributed by atoms with Gasteiger partial charge in [-0.05, 0) is 42.9 Å². The first-order valence-electron chi connectivity index (χ1n) is 8.63. The molecule has 1 fully saturated rings. The summed E-state index contributed by atoms with van der Waals surface area (Å²) in [5.74, 6) is 0. The molecular formula is C19H22N4O2S. The van der Waals surface area contributed by atoms with Crippen LogP contribution in [0, 0.1) is 11.3 Å². The summed E-state index contributed by atoms with van der Waals surface area (Å²) in [5.41, 5.74) is 1.89. The van der Waals surface area contributed by atoms with E-state index in [0.717, 1.165) is 38.4 Å². The second-order valence-electron chi connectivity index (χ2n) is 6.18. The molecule has 2 aromatic rings. The average Bonchev–Trinajstić information content (AvgIpc) is 2.68. The molecule has 0 spiro atoms. The minimum absolute atomic E-state index is 0.141. The predicted octanol–water partition coefficient (Wildman–Crippen LogP) is 2.50. The molecule has 0 radical (unpaired) electrons. The zero-order valence-electron chi connectivity index (χ0n) is 14.7. The summed E-state index contributed by atoms with van der Waals surface area (Å²) in [5, 5.41) is 8.86. The third kappa shape index (κ3) is 3.98. The fourth-order valence-electron chi connectivity index (χ4n) is 3.05. The highest BCUT2D eigenvalue weighted by Crippen LogP contribution is 2.28. The van der Waals surface area contributed by atoms with Gasteiger partial charge in [-0.3, -0.25) is 4.72 Å². The Hall–Kier alpha value is -2.56. The maximum Gasteiger partial charge on any atom is 0.261 e. The van der Waals surface area contributed by atoms with Crippen LogP contribution in [0.2, 0.25) is 0 Å². The Morgan fingerprint density at radius 1 is 1.04 bits per heavy atom. The number of nitriles is 1. The van der Waals surface area contributed by atoms with Crippen molar-refractivity contribution in [1.29, 1.82) is 5.26 Å². The Labute approximate surface area is 154 Å². The Balaban J connectivity index is 1.82. The van der Waals surface area contributed by atoms with E-state index in [4.69, 9.17) is 5.26 Å². The van der Waals surface area contributed by atoms with Crippen LogP contribution in [0.25, 0.3) is 0 Å². The normalized spacial score (nSPS) is 15.5. The van der Waals surface area contributed by atoms with Gasteiger partial charge in [-0.15, -0.1) is 0 Å². The molecule has 26 heavy (non-hydrogen) atoms. The fraction of sp³-hybridized carbons (Fsp3) is 0.316. The lowest BCUT2D eigenvalue weighted by atomic mass is 10.2. The van der Waals surface area contributed by atoms with Crippen molar-refractivity contribution in [2.75, 3.05) is 42.3 Å². The van der Waals surface area contributed by atoms with Gasteiger partial charge >= 0.3 is 0 Å². The van der Waals surface area contributed by atoms with Gasteiger partial charge in [0.1, 0.15) is 0 Å². The van der Waals surface area contributed by atoms with Crippen LogP contribution in [0.15, 0.2) is 53.4 Å². The third-order valence-corrected chi connectivity index (χ3v) is 5.98. The molecule has 0 aliphatic carbocycles. The van der Waals surface area contributed by atoms with Gasteiger partial charge in [0.05, 0.1) is 27.9 Å². The third-order valence-electron chi connectivity index (χ3n) is 4.60. The Morgan fingerprint density at radius 3 is 2.31 bits per heavy atom. The van der Waals surface area contributed by atoms with Crippen LogP contribution < -0.4 is 9.62 Å². The molecule has 136 valence electrons. The van der Waals surface area contributed by atoms with Crippen LogP contribution in [0.4, 0.5) is 11.4 Å². The van der Waals surface area contributed by atoms with Gasteiger partial charge in [-0.2, -0.15) is 5.26 Å². The monoisotopic (exact) mass is 370 g/mol. The molecule has 1 N–H and O–H groups in total. The van der Waals surface area contributed by atoms with Crippen LogP contribution in [0.5, 0.6) is 0 Å². The average molecular weight is 370 g/mol. The number of anilines is 2. The van der Waals surface area contributed by atoms with Crippen molar-refractivity contribution >= 4 is 21.4 Å². The number of sulfonamides is 1. The Morgan fingerprint density at radius 2 is 1.69 bits per heavy atom. The summed E-state index contributed by atoms with van der Waals surface area (Å²) in [6.07, 6.45) is 0. The van der Waals surface area contributed by atoms with Crippen LogP contribution >= 0.6 is 0 Å². The zero-order chi connectivity index (χ0) is 18.6. The SMILES string of the molecule is CCN1CCN(c2ccccc2NS(=O)(=O)c2ccc(C#N)cc2)CC1. The summed E-state index contributed by atoms with van der Waals surface area (Å²) in [6.45, 7) is 6.84. The van der Waals surface area contributed by atoms with Crippen molar-refractivity contribution in [2.45, 2.75) is 11.8 Å². The topological polar surface area (TPSA) is 76.4 Å². The number of benzene rings is 2. The second-order valence-corrected chi connectivity index (χ2v) is 7.86. The molecule has 0 bridgehead atoms. The van der Waals surface area contributed by atoms with Gasteiger partial charge in [0.15, 0.2) is 0 Å². The molecular weight excluding hydrogens is 348 g/mol. The van der Waals surface area contributed by atoms with E-state index in [1.807, 2.05) is 24.3 Å². The molecule has 0 saturated carbocycles. The first-order valence-corrected chi connectivity index (χ1v) is 10.1. The summed E-state index contributed by atoms with van der Waals surface area (Å²) < 4.78 is 28.1. The Kier molecular flexibility index (Phi) is 5.45. The van der Waals surface area contributed by atoms with E-state index in [1.54, 1.807) is 6.07 Å². The number of likely N-dealkylation sites (N-methyl/N-ethyl adjacent to an activating group) is 1. The molecule has 0 atom stereocenters. The summed E-state index contributed by atoms with van der Waals surface area (Å²) in [6, 6.07) is 15.4. The highest BCUT2D eigenvalue weighted by molar-refractivity contribution is 7.92. The largest absolute Gasteiger partial charge is 0.367 e. The van der Waals surface area contributed by atoms with E-state index in [2.05, 4.69) is 21.4 Å². The van der Waals surface area contributed by atoms with Crippen molar-refractivity contribution in [1.82, 2.24) is 4.90 Å². The van der Waals surface area contributed by atoms with Crippen LogP contribution in [-0.4, -0.2) is 46.0 Å². The summed E-state index contributed by atoms with van der Waals surface area (Å²) >= 11 is 0. The molecule has 0 unspecified atom stereocenters. The molecule has 0 aromatic heterocycles. The van der Waals surface area contributed by atoms with Crippen molar-refractivity contribution in [3.8, 4) is 6.07 Å². The van der Waals surface area contributed by atoms with E-state index in [1.165, 1.54) is 24.3 Å². The number of hydrogen-bond donors (Lipinski definition) is 1. The number of nitrogens with one attached hydrogen (secondary N) is 1. The highest BCUT2D eigenvalue weighted by Gasteiger charge is 2.21. The van der Waals surface area contributed by atoms with Gasteiger partial charge < -0.3 is 9.80 Å². The van der Waals surface area contributed by atoms with Crippen molar-refractivity contribution in [2.24, 2.45) is 0 Å². The van der Waals surface area contributed by atoms with Crippen molar-refractivity contribution in [3.63, 3.8) is 0 Å². The van der Waals surface area contributed by atoms with Crippen LogP contribution in [0.1, 0.15) is 12.5 Å². The molecule has 1 aliphatic rings. The number of piperazine rings is 1. The molecule has 1 saturated heterocycles. The van der Waals surface area contributed by atoms with Gasteiger partial charge in [0.25, 0.3) is 10.0 Å². The van der Waals surface area contributed by atoms with Crippen molar-refractivity contribution < 1.29 is 8.42 Å². The molecule has 1 aliphatic heterocycles. The van der Waals surface area contributed by atoms with E-state index in [-0.39, 0.29) is 4.90 Å². The lowest BCUT2D eigenvalue weighted by Crippen LogP contribution is -2.46. The first kappa shape index (κ1) is 18.2. The summed E-state index contributed by atoms with van der Waals surface area (Å²) in [4.78, 5) is 4.73. The zero-order valence-corrected chi connectivity index (χ0v) is 15.5. The smallest absolute Gasteiger partial charge is 0.261 e. The molecule has 0 amide bonds. The molecule has 7 heteroatoms. The Bertz CT molecular complexity index is 896. The number of nitrogens with zero attached hydrogens (tertiary/aromatic N) is 3. The maximum absolute atomic E-state index is 12.7. The van der Waals surface area contributed by atoms with E-state index in [9.17, 15) is 8.42 Å². The predicted molar refractivity (Wildman–Crippen MR) is 103 cm³/mol. The fourth-order valence-corrected chi connectivity index (χ4v) is 4.13. The molecule has 6 nitrogen and oxygen atoms in total. The minimum atomic E-state index is -3.71. The lowest BCUT2D eigenvalue weighted by Gasteiger charge is -2.36. The molecule has 1 heterocycles. The highest BCUT2D eigenvalue weighted by atomic mass is 32.2. The van der Waals surface area contributed by atoms with E-state index in [0.29, 0.717) is 11.3 Å². The quantitative estimate of drug-likeness (QED) is 0.875. The number of rotatable bonds is 5. The van der Waals surface area contributed by atoms with E-state index < -0.39 is 10.0 Å².